The summed E-state index contributed by atoms with van der Waals surface area (Å²) in [5.74, 6) is -0.179. The van der Waals surface area contributed by atoms with Gasteiger partial charge in [-0.3, -0.25) is 4.79 Å². The molecule has 174 valence electrons. The van der Waals surface area contributed by atoms with Gasteiger partial charge >= 0.3 is 0 Å². The Labute approximate surface area is 202 Å². The average Bonchev–Trinajstić information content (AvgIpc) is 3.35. The van der Waals surface area contributed by atoms with Gasteiger partial charge in [0.05, 0.1) is 22.6 Å². The molecule has 1 aromatic carbocycles. The molecule has 2 aliphatic heterocycles. The summed E-state index contributed by atoms with van der Waals surface area (Å²) < 4.78 is 0. The van der Waals surface area contributed by atoms with Crippen LogP contribution in [0, 0.1) is 18.3 Å². The van der Waals surface area contributed by atoms with E-state index in [1.165, 1.54) is 29.7 Å². The number of thiophene rings is 1. The summed E-state index contributed by atoms with van der Waals surface area (Å²) in [5.41, 5.74) is 12.2. The van der Waals surface area contributed by atoms with Gasteiger partial charge in [0.1, 0.15) is 21.3 Å². The first-order valence-electron chi connectivity index (χ1n) is 11.9. The van der Waals surface area contributed by atoms with E-state index in [0.717, 1.165) is 48.4 Å². The van der Waals surface area contributed by atoms with Crippen molar-refractivity contribution >= 4 is 39.0 Å². The Hall–Kier alpha value is -3.22. The summed E-state index contributed by atoms with van der Waals surface area (Å²) in [7, 11) is 0. The Morgan fingerprint density at radius 3 is 2.82 bits per heavy atom. The van der Waals surface area contributed by atoms with E-state index >= 15 is 0 Å². The molecule has 34 heavy (non-hydrogen) atoms. The van der Waals surface area contributed by atoms with Crippen molar-refractivity contribution in [3.8, 4) is 6.07 Å². The normalized spacial score (nSPS) is 23.5. The SMILES string of the molecule is Cc1cnc2c(N)c(C(=O)N[C@H]3CCc4cc(N5CC6CCC(C5)N6)c(C#N)cc4C3)sc2n1. The van der Waals surface area contributed by atoms with Crippen LogP contribution in [0.15, 0.2) is 18.3 Å². The fraction of sp³-hybridized carbons (Fsp3) is 0.440. The summed E-state index contributed by atoms with van der Waals surface area (Å²) >= 11 is 1.29. The number of benzene rings is 1. The highest BCUT2D eigenvalue weighted by atomic mass is 32.1. The van der Waals surface area contributed by atoms with Gasteiger partial charge in [-0.25, -0.2) is 9.97 Å². The smallest absolute Gasteiger partial charge is 0.263 e. The number of hydrogen-bond donors (Lipinski definition) is 3. The van der Waals surface area contributed by atoms with E-state index in [-0.39, 0.29) is 11.9 Å². The molecule has 9 heteroatoms. The van der Waals surface area contributed by atoms with Crippen LogP contribution in [0.2, 0.25) is 0 Å². The molecule has 3 atom stereocenters. The minimum absolute atomic E-state index is 0.000286. The second-order valence-electron chi connectivity index (χ2n) is 9.72. The largest absolute Gasteiger partial charge is 0.396 e. The Morgan fingerprint density at radius 1 is 1.26 bits per heavy atom. The van der Waals surface area contributed by atoms with E-state index in [1.54, 1.807) is 6.20 Å². The number of hydrogen-bond acceptors (Lipinski definition) is 8. The zero-order valence-electron chi connectivity index (χ0n) is 19.1. The Kier molecular flexibility index (Phi) is 5.15. The number of nitrogens with one attached hydrogen (secondary N) is 2. The number of nitrogens with zero attached hydrogens (tertiary/aromatic N) is 4. The predicted octanol–water partition coefficient (Wildman–Crippen LogP) is 2.68. The number of piperazine rings is 1. The van der Waals surface area contributed by atoms with Gasteiger partial charge < -0.3 is 21.3 Å². The third kappa shape index (κ3) is 3.67. The number of nitrogens with two attached hydrogens (primary N) is 1. The van der Waals surface area contributed by atoms with Crippen molar-refractivity contribution in [1.82, 2.24) is 20.6 Å². The average molecular weight is 474 g/mol. The van der Waals surface area contributed by atoms with Crippen molar-refractivity contribution in [3.05, 3.63) is 45.6 Å². The maximum absolute atomic E-state index is 13.1. The summed E-state index contributed by atoms with van der Waals surface area (Å²) in [6.45, 7) is 3.79. The highest BCUT2D eigenvalue weighted by molar-refractivity contribution is 7.21. The molecule has 4 heterocycles. The first-order chi connectivity index (χ1) is 16.5. The molecule has 2 unspecified atom stereocenters. The van der Waals surface area contributed by atoms with Gasteiger partial charge in [0.15, 0.2) is 0 Å². The van der Waals surface area contributed by atoms with Gasteiger partial charge in [-0.2, -0.15) is 5.26 Å². The molecule has 1 amide bonds. The maximum atomic E-state index is 13.1. The number of anilines is 2. The number of carbonyl (C=O) groups excluding carboxylic acids is 1. The molecular formula is C25H27N7OS. The van der Waals surface area contributed by atoms with Crippen molar-refractivity contribution in [3.63, 3.8) is 0 Å². The lowest BCUT2D eigenvalue weighted by molar-refractivity contribution is 0.0938. The molecule has 1 aliphatic carbocycles. The number of nitriles is 1. The van der Waals surface area contributed by atoms with E-state index in [2.05, 4.69) is 37.6 Å². The Morgan fingerprint density at radius 2 is 2.06 bits per heavy atom. The van der Waals surface area contributed by atoms with Gasteiger partial charge in [-0.05, 0) is 62.3 Å². The third-order valence-corrected chi connectivity index (χ3v) is 8.41. The third-order valence-electron chi connectivity index (χ3n) is 7.32. The van der Waals surface area contributed by atoms with E-state index in [4.69, 9.17) is 5.73 Å². The van der Waals surface area contributed by atoms with Crippen molar-refractivity contribution in [2.24, 2.45) is 0 Å². The zero-order chi connectivity index (χ0) is 23.4. The number of amides is 1. The molecular weight excluding hydrogens is 446 g/mol. The summed E-state index contributed by atoms with van der Waals surface area (Å²) in [4.78, 5) is 25.4. The number of nitrogen functional groups attached to an aromatic ring is 1. The van der Waals surface area contributed by atoms with Gasteiger partial charge in [0.25, 0.3) is 5.91 Å². The molecule has 4 N–H and O–H groups in total. The fourth-order valence-electron chi connectivity index (χ4n) is 5.65. The van der Waals surface area contributed by atoms with Crippen molar-refractivity contribution in [2.45, 2.75) is 57.2 Å². The zero-order valence-corrected chi connectivity index (χ0v) is 19.9. The molecule has 2 bridgehead atoms. The second kappa shape index (κ2) is 8.22. The number of fused-ring (bicyclic) bond motifs is 4. The lowest BCUT2D eigenvalue weighted by Gasteiger charge is -2.36. The standard InChI is InChI=1S/C25H27N7OS/c1-13-10-28-22-21(27)23(34-25(22)29-13)24(33)31-17-3-2-14-8-20(16(9-26)6-15(14)7-17)32-11-18-4-5-19(12-32)30-18/h6,8,10,17-19,30H,2-5,7,11-12,27H2,1H3,(H,31,33)/t17-,18?,19?/m0/s1. The van der Waals surface area contributed by atoms with Crippen LogP contribution < -0.4 is 21.3 Å². The van der Waals surface area contributed by atoms with E-state index in [9.17, 15) is 10.1 Å². The summed E-state index contributed by atoms with van der Waals surface area (Å²) in [5, 5.41) is 16.7. The van der Waals surface area contributed by atoms with Gasteiger partial charge in [0, 0.05) is 37.4 Å². The number of aryl methyl sites for hydroxylation is 2. The molecule has 8 nitrogen and oxygen atoms in total. The van der Waals surface area contributed by atoms with Crippen LogP contribution in [0.25, 0.3) is 10.3 Å². The first-order valence-corrected chi connectivity index (χ1v) is 12.7. The first kappa shape index (κ1) is 21.3. The molecule has 3 aliphatic rings. The van der Waals surface area contributed by atoms with E-state index < -0.39 is 0 Å². The molecule has 3 aromatic rings. The van der Waals surface area contributed by atoms with Crippen LogP contribution in [-0.4, -0.2) is 47.1 Å². The number of rotatable bonds is 3. The minimum Gasteiger partial charge on any atom is -0.396 e. The Bertz CT molecular complexity index is 1330. The number of carbonyl (C=O) groups is 1. The van der Waals surface area contributed by atoms with Crippen molar-refractivity contribution in [2.75, 3.05) is 23.7 Å². The molecule has 2 fully saturated rings. The highest BCUT2D eigenvalue weighted by Crippen LogP contribution is 2.34. The van der Waals surface area contributed by atoms with Crippen molar-refractivity contribution < 1.29 is 4.79 Å². The molecule has 0 radical (unpaired) electrons. The highest BCUT2D eigenvalue weighted by Gasteiger charge is 2.34. The summed E-state index contributed by atoms with van der Waals surface area (Å²) in [6, 6.07) is 7.73. The topological polar surface area (TPSA) is 120 Å². The minimum atomic E-state index is -0.179. The fourth-order valence-corrected chi connectivity index (χ4v) is 6.65. The second-order valence-corrected chi connectivity index (χ2v) is 10.7. The molecule has 0 saturated carbocycles. The quantitative estimate of drug-likeness (QED) is 0.535. The van der Waals surface area contributed by atoms with Gasteiger partial charge in [-0.1, -0.05) is 0 Å². The van der Waals surface area contributed by atoms with Crippen molar-refractivity contribution in [1.29, 1.82) is 5.26 Å². The van der Waals surface area contributed by atoms with Crippen LogP contribution in [-0.2, 0) is 12.8 Å². The molecule has 2 saturated heterocycles. The maximum Gasteiger partial charge on any atom is 0.263 e. The monoisotopic (exact) mass is 473 g/mol. The molecule has 2 aromatic heterocycles. The lowest BCUT2D eigenvalue weighted by atomic mass is 9.86. The van der Waals surface area contributed by atoms with Gasteiger partial charge in [0.2, 0.25) is 0 Å². The molecule has 6 rings (SSSR count). The lowest BCUT2D eigenvalue weighted by Crippen LogP contribution is -2.51. The Balaban J connectivity index is 1.21. The van der Waals surface area contributed by atoms with Crippen LogP contribution in [0.5, 0.6) is 0 Å². The summed E-state index contributed by atoms with van der Waals surface area (Å²) in [6.07, 6.45) is 6.54. The van der Waals surface area contributed by atoms with Crippen LogP contribution >= 0.6 is 11.3 Å². The van der Waals surface area contributed by atoms with Crippen LogP contribution in [0.4, 0.5) is 11.4 Å². The predicted molar refractivity (Wildman–Crippen MR) is 133 cm³/mol. The van der Waals surface area contributed by atoms with Crippen LogP contribution in [0.1, 0.15) is 51.3 Å². The van der Waals surface area contributed by atoms with Gasteiger partial charge in [-0.15, -0.1) is 11.3 Å². The molecule has 0 spiro atoms. The van der Waals surface area contributed by atoms with E-state index in [0.29, 0.717) is 39.4 Å². The van der Waals surface area contributed by atoms with Crippen LogP contribution in [0.3, 0.4) is 0 Å². The number of aromatic nitrogens is 2. The van der Waals surface area contributed by atoms with E-state index in [1.807, 2.05) is 13.0 Å².